The van der Waals surface area contributed by atoms with E-state index in [-0.39, 0.29) is 0 Å². The third-order valence-corrected chi connectivity index (χ3v) is 2.07. The van der Waals surface area contributed by atoms with Crippen LogP contribution in [0.25, 0.3) is 0 Å². The molecule has 0 radical (unpaired) electrons. The predicted molar refractivity (Wildman–Crippen MR) is 74.4 cm³/mol. The lowest BCUT2D eigenvalue weighted by Gasteiger charge is -2.01. The Bertz CT molecular complexity index is 348. The molecular formula is C15H23N. The van der Waals surface area contributed by atoms with Crippen molar-refractivity contribution in [2.45, 2.75) is 34.1 Å². The summed E-state index contributed by atoms with van der Waals surface area (Å²) < 4.78 is 0. The number of rotatable bonds is 3. The highest BCUT2D eigenvalue weighted by Crippen LogP contribution is 2.06. The van der Waals surface area contributed by atoms with Gasteiger partial charge in [-0.3, -0.25) is 4.99 Å². The first kappa shape index (κ1) is 14.6. The third kappa shape index (κ3) is 4.92. The van der Waals surface area contributed by atoms with Crippen LogP contribution in [0.5, 0.6) is 0 Å². The molecule has 0 bridgehead atoms. The van der Waals surface area contributed by atoms with E-state index in [2.05, 4.69) is 55.3 Å². The first-order chi connectivity index (χ1) is 7.77. The van der Waals surface area contributed by atoms with Crippen molar-refractivity contribution in [1.29, 1.82) is 0 Å². The molecule has 88 valence electrons. The molecule has 0 heterocycles. The second-order valence-electron chi connectivity index (χ2n) is 3.29. The Balaban J connectivity index is 0.00000106. The summed E-state index contributed by atoms with van der Waals surface area (Å²) in [6, 6.07) is 8.41. The Morgan fingerprint density at radius 3 is 2.50 bits per heavy atom. The summed E-state index contributed by atoms with van der Waals surface area (Å²) in [5.74, 6) is 0. The molecule has 1 heteroatoms. The molecule has 1 aromatic carbocycles. The first-order valence-corrected chi connectivity index (χ1v) is 5.98. The average Bonchev–Trinajstić information content (AvgIpc) is 2.33. The Morgan fingerprint density at radius 1 is 1.31 bits per heavy atom. The standard InChI is InChI=1S/C13H17N.C2H6/c1-4-5-9-13(14-3)12-8-6-7-11(2)10-12;1-2/h5-10H,4H2,1-3H3;1-2H3/b9-5-,14-13?;. The zero-order chi connectivity index (χ0) is 12.4. The van der Waals surface area contributed by atoms with Crippen molar-refractivity contribution < 1.29 is 0 Å². The van der Waals surface area contributed by atoms with Crippen molar-refractivity contribution in [3.05, 3.63) is 47.5 Å². The van der Waals surface area contributed by atoms with Crippen LogP contribution in [0.4, 0.5) is 0 Å². The molecule has 0 atom stereocenters. The van der Waals surface area contributed by atoms with E-state index in [1.807, 2.05) is 20.9 Å². The number of hydrogen-bond donors (Lipinski definition) is 0. The van der Waals surface area contributed by atoms with Gasteiger partial charge in [-0.1, -0.05) is 50.6 Å². The van der Waals surface area contributed by atoms with Crippen molar-refractivity contribution in [2.24, 2.45) is 4.99 Å². The monoisotopic (exact) mass is 217 g/mol. The van der Waals surface area contributed by atoms with Crippen LogP contribution in [0.1, 0.15) is 38.3 Å². The van der Waals surface area contributed by atoms with Gasteiger partial charge < -0.3 is 0 Å². The average molecular weight is 217 g/mol. The largest absolute Gasteiger partial charge is 0.288 e. The van der Waals surface area contributed by atoms with Crippen molar-refractivity contribution in [3.63, 3.8) is 0 Å². The number of nitrogens with zero attached hydrogens (tertiary/aromatic N) is 1. The SMILES string of the molecule is CC.CC/C=C\C(=NC)c1cccc(C)c1. The van der Waals surface area contributed by atoms with Gasteiger partial charge in [-0.15, -0.1) is 0 Å². The quantitative estimate of drug-likeness (QED) is 0.665. The normalized spacial score (nSPS) is 11.2. The predicted octanol–water partition coefficient (Wildman–Crippen LogP) is 4.41. The molecule has 0 amide bonds. The maximum atomic E-state index is 4.27. The molecular weight excluding hydrogens is 194 g/mol. The fourth-order valence-corrected chi connectivity index (χ4v) is 1.33. The van der Waals surface area contributed by atoms with E-state index in [9.17, 15) is 0 Å². The van der Waals surface area contributed by atoms with Crippen LogP contribution in [-0.2, 0) is 0 Å². The van der Waals surface area contributed by atoms with E-state index in [4.69, 9.17) is 0 Å². The van der Waals surface area contributed by atoms with E-state index in [1.54, 1.807) is 0 Å². The van der Waals surface area contributed by atoms with Crippen molar-refractivity contribution >= 4 is 5.71 Å². The molecule has 0 saturated heterocycles. The lowest BCUT2D eigenvalue weighted by Crippen LogP contribution is -1.96. The zero-order valence-electron chi connectivity index (χ0n) is 11.1. The van der Waals surface area contributed by atoms with Gasteiger partial charge in [0.15, 0.2) is 0 Å². The zero-order valence-corrected chi connectivity index (χ0v) is 11.1. The highest BCUT2D eigenvalue weighted by molar-refractivity contribution is 6.08. The van der Waals surface area contributed by atoms with Gasteiger partial charge >= 0.3 is 0 Å². The smallest absolute Gasteiger partial charge is 0.0640 e. The van der Waals surface area contributed by atoms with Crippen LogP contribution in [0.3, 0.4) is 0 Å². The Morgan fingerprint density at radius 2 is 2.00 bits per heavy atom. The minimum Gasteiger partial charge on any atom is -0.288 e. The van der Waals surface area contributed by atoms with Gasteiger partial charge in [0.25, 0.3) is 0 Å². The number of benzene rings is 1. The van der Waals surface area contributed by atoms with Gasteiger partial charge in [0.05, 0.1) is 5.71 Å². The maximum absolute atomic E-state index is 4.27. The van der Waals surface area contributed by atoms with Crippen LogP contribution in [0.2, 0.25) is 0 Å². The molecule has 0 aromatic heterocycles. The lowest BCUT2D eigenvalue weighted by atomic mass is 10.1. The van der Waals surface area contributed by atoms with Gasteiger partial charge in [0.2, 0.25) is 0 Å². The summed E-state index contributed by atoms with van der Waals surface area (Å²) in [6.45, 7) is 8.22. The van der Waals surface area contributed by atoms with Crippen LogP contribution in [-0.4, -0.2) is 12.8 Å². The Hall–Kier alpha value is -1.37. The Kier molecular flexibility index (Phi) is 8.14. The molecule has 1 nitrogen and oxygen atoms in total. The fourth-order valence-electron chi connectivity index (χ4n) is 1.33. The summed E-state index contributed by atoms with van der Waals surface area (Å²) in [6.07, 6.45) is 5.25. The molecule has 0 spiro atoms. The number of hydrogen-bond acceptors (Lipinski definition) is 1. The van der Waals surface area contributed by atoms with Gasteiger partial charge in [-0.2, -0.15) is 0 Å². The van der Waals surface area contributed by atoms with Gasteiger partial charge in [0, 0.05) is 7.05 Å². The van der Waals surface area contributed by atoms with E-state index < -0.39 is 0 Å². The number of allylic oxidation sites excluding steroid dienone is 2. The second-order valence-corrected chi connectivity index (χ2v) is 3.29. The summed E-state index contributed by atoms with van der Waals surface area (Å²) in [7, 11) is 1.83. The van der Waals surface area contributed by atoms with Crippen LogP contribution in [0, 0.1) is 6.92 Å². The van der Waals surface area contributed by atoms with Crippen molar-refractivity contribution in [2.75, 3.05) is 7.05 Å². The molecule has 0 N–H and O–H groups in total. The summed E-state index contributed by atoms with van der Waals surface area (Å²) in [5, 5.41) is 0. The first-order valence-electron chi connectivity index (χ1n) is 5.98. The minimum atomic E-state index is 1.05. The summed E-state index contributed by atoms with van der Waals surface area (Å²) in [4.78, 5) is 4.27. The van der Waals surface area contributed by atoms with Crippen LogP contribution in [0.15, 0.2) is 41.4 Å². The van der Waals surface area contributed by atoms with Crippen molar-refractivity contribution in [3.8, 4) is 0 Å². The van der Waals surface area contributed by atoms with E-state index in [0.29, 0.717) is 0 Å². The lowest BCUT2D eigenvalue weighted by molar-refractivity contribution is 1.22. The highest BCUT2D eigenvalue weighted by Gasteiger charge is 1.97. The van der Waals surface area contributed by atoms with Gasteiger partial charge in [-0.25, -0.2) is 0 Å². The van der Waals surface area contributed by atoms with Gasteiger partial charge in [-0.05, 0) is 31.1 Å². The van der Waals surface area contributed by atoms with E-state index in [1.165, 1.54) is 11.1 Å². The highest BCUT2D eigenvalue weighted by atomic mass is 14.7. The summed E-state index contributed by atoms with van der Waals surface area (Å²) >= 11 is 0. The van der Waals surface area contributed by atoms with Crippen LogP contribution >= 0.6 is 0 Å². The minimum absolute atomic E-state index is 1.05. The molecule has 0 aliphatic rings. The maximum Gasteiger partial charge on any atom is 0.0640 e. The van der Waals surface area contributed by atoms with Gasteiger partial charge in [0.1, 0.15) is 0 Å². The number of aliphatic imine (C=N–C) groups is 1. The molecule has 1 aromatic rings. The fraction of sp³-hybridized carbons (Fsp3) is 0.400. The van der Waals surface area contributed by atoms with Crippen molar-refractivity contribution in [1.82, 2.24) is 0 Å². The molecule has 0 aliphatic heterocycles. The molecule has 0 saturated carbocycles. The second kappa shape index (κ2) is 8.90. The van der Waals surface area contributed by atoms with E-state index in [0.717, 1.165) is 12.1 Å². The molecule has 1 rings (SSSR count). The Labute approximate surface area is 99.9 Å². The topological polar surface area (TPSA) is 12.4 Å². The molecule has 0 fully saturated rings. The van der Waals surface area contributed by atoms with Crippen LogP contribution < -0.4 is 0 Å². The third-order valence-electron chi connectivity index (χ3n) is 2.07. The van der Waals surface area contributed by atoms with E-state index >= 15 is 0 Å². The molecule has 16 heavy (non-hydrogen) atoms. The number of aryl methyl sites for hydroxylation is 1. The molecule has 0 aliphatic carbocycles. The summed E-state index contributed by atoms with van der Waals surface area (Å²) in [5.41, 5.74) is 3.52. The molecule has 0 unspecified atom stereocenters.